The maximum absolute atomic E-state index is 11.2. The van der Waals surface area contributed by atoms with Gasteiger partial charge in [-0.3, -0.25) is 10.1 Å². The second-order valence-electron chi connectivity index (χ2n) is 3.83. The highest BCUT2D eigenvalue weighted by Crippen LogP contribution is 1.79. The van der Waals surface area contributed by atoms with E-state index in [9.17, 15) is 14.4 Å². The normalized spacial score (nSPS) is 10.7. The summed E-state index contributed by atoms with van der Waals surface area (Å²) in [4.78, 5) is 34.2. The molecule has 0 saturated heterocycles. The molecule has 0 atom stereocenters. The zero-order valence-corrected chi connectivity index (χ0v) is 11.0. The smallest absolute Gasteiger partial charge is 0.328 e. The highest BCUT2D eigenvalue weighted by molar-refractivity contribution is 6.02. The van der Waals surface area contributed by atoms with Gasteiger partial charge in [-0.25, -0.2) is 9.59 Å². The van der Waals surface area contributed by atoms with Gasteiger partial charge in [0, 0.05) is 25.2 Å². The van der Waals surface area contributed by atoms with Crippen molar-refractivity contribution in [2.75, 3.05) is 40.4 Å². The number of nitrogens with one attached hydrogen (secondary N) is 2. The molecule has 0 aliphatic carbocycles. The first-order chi connectivity index (χ1) is 8.91. The van der Waals surface area contributed by atoms with Crippen molar-refractivity contribution in [3.05, 3.63) is 12.2 Å². The van der Waals surface area contributed by atoms with Gasteiger partial charge in [0.05, 0.1) is 13.2 Å². The molecule has 0 spiro atoms. The molecule has 108 valence electrons. The summed E-state index contributed by atoms with van der Waals surface area (Å²) in [5.41, 5.74) is 0. The first kappa shape index (κ1) is 17.1. The number of amides is 3. The van der Waals surface area contributed by atoms with Crippen LogP contribution in [0.2, 0.25) is 0 Å². The third-order valence-electron chi connectivity index (χ3n) is 1.83. The maximum Gasteiger partial charge on any atom is 0.328 e. The second kappa shape index (κ2) is 10.0. The molecule has 0 heterocycles. The number of aliphatic carboxylic acids is 1. The monoisotopic (exact) mass is 273 g/mol. The molecule has 0 saturated carbocycles. The number of urea groups is 1. The first-order valence-electron chi connectivity index (χ1n) is 5.64. The van der Waals surface area contributed by atoms with Gasteiger partial charge in [0.15, 0.2) is 0 Å². The van der Waals surface area contributed by atoms with Crippen LogP contribution >= 0.6 is 0 Å². The first-order valence-corrected chi connectivity index (χ1v) is 5.64. The van der Waals surface area contributed by atoms with Crippen molar-refractivity contribution in [1.82, 2.24) is 15.5 Å². The molecule has 0 rings (SSSR count). The van der Waals surface area contributed by atoms with Crippen LogP contribution in [0.4, 0.5) is 4.79 Å². The largest absolute Gasteiger partial charge is 0.478 e. The van der Waals surface area contributed by atoms with Gasteiger partial charge in [-0.1, -0.05) is 0 Å². The van der Waals surface area contributed by atoms with E-state index >= 15 is 0 Å². The van der Waals surface area contributed by atoms with E-state index in [-0.39, 0.29) is 6.54 Å². The molecule has 0 radical (unpaired) electrons. The van der Waals surface area contributed by atoms with E-state index in [1.807, 2.05) is 24.3 Å². The molecule has 8 heteroatoms. The van der Waals surface area contributed by atoms with Crippen molar-refractivity contribution < 1.29 is 24.2 Å². The number of nitrogens with zero attached hydrogens (tertiary/aromatic N) is 1. The van der Waals surface area contributed by atoms with E-state index in [1.165, 1.54) is 0 Å². The Kier molecular flexibility index (Phi) is 9.02. The van der Waals surface area contributed by atoms with Gasteiger partial charge >= 0.3 is 12.0 Å². The number of carbonyl (C=O) groups is 3. The third-order valence-corrected chi connectivity index (χ3v) is 1.83. The lowest BCUT2D eigenvalue weighted by atomic mass is 10.5. The lowest BCUT2D eigenvalue weighted by Crippen LogP contribution is -2.40. The van der Waals surface area contributed by atoms with Crippen molar-refractivity contribution in [1.29, 1.82) is 0 Å². The number of rotatable bonds is 8. The Morgan fingerprint density at radius 3 is 2.47 bits per heavy atom. The van der Waals surface area contributed by atoms with E-state index in [0.29, 0.717) is 19.3 Å². The van der Waals surface area contributed by atoms with Crippen LogP contribution in [0, 0.1) is 0 Å². The fourth-order valence-corrected chi connectivity index (χ4v) is 0.931. The number of carboxylic acids is 1. The van der Waals surface area contributed by atoms with E-state index < -0.39 is 17.9 Å². The van der Waals surface area contributed by atoms with Gasteiger partial charge in [0.1, 0.15) is 0 Å². The topological polar surface area (TPSA) is 108 Å². The Hall–Kier alpha value is -1.93. The summed E-state index contributed by atoms with van der Waals surface area (Å²) in [7, 11) is 3.84. The van der Waals surface area contributed by atoms with Gasteiger partial charge in [-0.2, -0.15) is 0 Å². The molecule has 0 aliphatic heterocycles. The Morgan fingerprint density at radius 2 is 1.89 bits per heavy atom. The lowest BCUT2D eigenvalue weighted by Gasteiger charge is -2.10. The number of ether oxygens (including phenoxy) is 1. The van der Waals surface area contributed by atoms with Crippen LogP contribution in [0.1, 0.15) is 0 Å². The predicted molar refractivity (Wildman–Crippen MR) is 67.7 cm³/mol. The van der Waals surface area contributed by atoms with E-state index in [1.54, 1.807) is 0 Å². The number of hydrogen-bond acceptors (Lipinski definition) is 5. The highest BCUT2D eigenvalue weighted by Gasteiger charge is 2.03. The molecule has 8 nitrogen and oxygen atoms in total. The maximum atomic E-state index is 11.2. The van der Waals surface area contributed by atoms with Crippen molar-refractivity contribution in [3.8, 4) is 0 Å². The molecule has 0 bridgehead atoms. The van der Waals surface area contributed by atoms with Crippen LogP contribution in [0.5, 0.6) is 0 Å². The molecular weight excluding hydrogens is 254 g/mol. The quantitative estimate of drug-likeness (QED) is 0.388. The van der Waals surface area contributed by atoms with Crippen LogP contribution < -0.4 is 10.6 Å². The lowest BCUT2D eigenvalue weighted by molar-refractivity contribution is -0.131. The summed E-state index contributed by atoms with van der Waals surface area (Å²) in [5, 5.41) is 12.6. The van der Waals surface area contributed by atoms with Crippen LogP contribution in [0.3, 0.4) is 0 Å². The highest BCUT2D eigenvalue weighted by atomic mass is 16.5. The molecule has 0 unspecified atom stereocenters. The van der Waals surface area contributed by atoms with Crippen LogP contribution in [-0.2, 0) is 14.3 Å². The molecular formula is C11H19N3O5. The van der Waals surface area contributed by atoms with Gasteiger partial charge in [0.25, 0.3) is 5.91 Å². The van der Waals surface area contributed by atoms with E-state index in [0.717, 1.165) is 12.6 Å². The Morgan fingerprint density at radius 1 is 1.21 bits per heavy atom. The third kappa shape index (κ3) is 12.3. The van der Waals surface area contributed by atoms with Gasteiger partial charge in [-0.05, 0) is 14.1 Å². The molecule has 3 N–H and O–H groups in total. The number of imide groups is 1. The van der Waals surface area contributed by atoms with E-state index in [2.05, 4.69) is 5.32 Å². The minimum absolute atomic E-state index is 0.259. The van der Waals surface area contributed by atoms with Crippen molar-refractivity contribution in [2.45, 2.75) is 0 Å². The fourth-order valence-electron chi connectivity index (χ4n) is 0.931. The minimum Gasteiger partial charge on any atom is -0.478 e. The zero-order valence-electron chi connectivity index (χ0n) is 11.0. The summed E-state index contributed by atoms with van der Waals surface area (Å²) in [6, 6.07) is -0.698. The summed E-state index contributed by atoms with van der Waals surface area (Å²) >= 11 is 0. The average Bonchev–Trinajstić information content (AvgIpc) is 2.30. The Balaban J connectivity index is 3.59. The fraction of sp³-hybridized carbons (Fsp3) is 0.545. The Labute approximate surface area is 111 Å². The molecule has 19 heavy (non-hydrogen) atoms. The van der Waals surface area contributed by atoms with Crippen molar-refractivity contribution >= 4 is 17.9 Å². The van der Waals surface area contributed by atoms with Gasteiger partial charge in [0.2, 0.25) is 0 Å². The minimum atomic E-state index is -1.26. The van der Waals surface area contributed by atoms with Gasteiger partial charge in [-0.15, -0.1) is 0 Å². The summed E-state index contributed by atoms with van der Waals surface area (Å²) in [6.07, 6.45) is 1.41. The molecule has 0 fully saturated rings. The second-order valence-corrected chi connectivity index (χ2v) is 3.83. The number of likely N-dealkylation sites (N-methyl/N-ethyl adjacent to an activating group) is 1. The SMILES string of the molecule is CN(C)CCOCCNC(=O)NC(=O)/C=C/C(=O)O. The standard InChI is InChI=1S/C11H19N3O5/c1-14(2)6-8-19-7-5-12-11(18)13-9(15)3-4-10(16)17/h3-4H,5-8H2,1-2H3,(H,16,17)(H2,12,13,15,18)/b4-3+. The molecule has 0 aromatic carbocycles. The zero-order chi connectivity index (χ0) is 14.7. The molecule has 0 aliphatic rings. The number of hydrogen-bond donors (Lipinski definition) is 3. The molecule has 0 aromatic heterocycles. The number of carbonyl (C=O) groups excluding carboxylic acids is 2. The summed E-state index contributed by atoms with van der Waals surface area (Å²) < 4.78 is 5.22. The van der Waals surface area contributed by atoms with Crippen LogP contribution in [0.25, 0.3) is 0 Å². The van der Waals surface area contributed by atoms with Gasteiger partial charge < -0.3 is 20.1 Å². The predicted octanol–water partition coefficient (Wildman–Crippen LogP) is -0.969. The summed E-state index contributed by atoms with van der Waals surface area (Å²) in [5.74, 6) is -2.06. The number of carboxylic acid groups (broad SMARTS) is 1. The Bertz CT molecular complexity index is 341. The molecule has 3 amide bonds. The van der Waals surface area contributed by atoms with Crippen LogP contribution in [-0.4, -0.2) is 68.3 Å². The van der Waals surface area contributed by atoms with Crippen molar-refractivity contribution in [3.63, 3.8) is 0 Å². The summed E-state index contributed by atoms with van der Waals surface area (Å²) in [6.45, 7) is 1.93. The van der Waals surface area contributed by atoms with E-state index in [4.69, 9.17) is 9.84 Å². The van der Waals surface area contributed by atoms with Crippen LogP contribution in [0.15, 0.2) is 12.2 Å². The van der Waals surface area contributed by atoms with Crippen molar-refractivity contribution in [2.24, 2.45) is 0 Å². The molecule has 0 aromatic rings. The average molecular weight is 273 g/mol.